The second-order valence-corrected chi connectivity index (χ2v) is 3.94. The van der Waals surface area contributed by atoms with E-state index >= 15 is 0 Å². The quantitative estimate of drug-likeness (QED) is 0.547. The highest BCUT2D eigenvalue weighted by Crippen LogP contribution is 2.40. The second-order valence-electron chi connectivity index (χ2n) is 3.94. The summed E-state index contributed by atoms with van der Waals surface area (Å²) >= 11 is 0. The van der Waals surface area contributed by atoms with E-state index in [9.17, 15) is 9.59 Å². The largest absolute Gasteiger partial charge is 0.368 e. The van der Waals surface area contributed by atoms with Gasteiger partial charge in [-0.3, -0.25) is 9.59 Å². The topological polar surface area (TPSA) is 98.2 Å². The van der Waals surface area contributed by atoms with Crippen LogP contribution < -0.4 is 16.8 Å². The Balaban J connectivity index is 2.53. The predicted molar refractivity (Wildman–Crippen MR) is 52.1 cm³/mol. The summed E-state index contributed by atoms with van der Waals surface area (Å²) in [5.41, 5.74) is 10.1. The molecule has 5 heteroatoms. The van der Waals surface area contributed by atoms with Crippen LogP contribution in [0.15, 0.2) is 0 Å². The summed E-state index contributed by atoms with van der Waals surface area (Å²) in [4.78, 5) is 22.4. The van der Waals surface area contributed by atoms with Gasteiger partial charge in [-0.05, 0) is 19.8 Å². The summed E-state index contributed by atoms with van der Waals surface area (Å²) in [6, 6.07) is -0.619. The number of hydrogen-bond acceptors (Lipinski definition) is 3. The normalized spacial score (nSPS) is 20.7. The molecule has 1 aliphatic carbocycles. The first-order valence-corrected chi connectivity index (χ1v) is 4.82. The number of rotatable bonds is 4. The third kappa shape index (κ3) is 1.87. The third-order valence-electron chi connectivity index (χ3n) is 2.96. The molecule has 0 radical (unpaired) electrons. The zero-order valence-corrected chi connectivity index (χ0v) is 8.38. The van der Waals surface area contributed by atoms with Crippen LogP contribution in [0.4, 0.5) is 0 Å². The predicted octanol–water partition coefficient (Wildman–Crippen LogP) is -0.895. The minimum Gasteiger partial charge on any atom is -0.368 e. The van der Waals surface area contributed by atoms with E-state index in [2.05, 4.69) is 5.32 Å². The molecular weight excluding hydrogens is 182 g/mol. The van der Waals surface area contributed by atoms with Gasteiger partial charge in [0.1, 0.15) is 6.04 Å². The standard InChI is InChI=1S/C9H17N3O2/c1-6(7(11)13)12-8(14)9(5-10)3-2-4-9/h6H,2-5,10H2,1H3,(H2,11,13)(H,12,14). The van der Waals surface area contributed by atoms with Gasteiger partial charge in [0, 0.05) is 6.54 Å². The summed E-state index contributed by atoms with van der Waals surface area (Å²) in [7, 11) is 0. The fourth-order valence-electron chi connectivity index (χ4n) is 1.55. The molecule has 1 saturated carbocycles. The molecule has 0 heterocycles. The molecule has 2 amide bonds. The lowest BCUT2D eigenvalue weighted by molar-refractivity contribution is -0.138. The van der Waals surface area contributed by atoms with Crippen molar-refractivity contribution in [3.8, 4) is 0 Å². The lowest BCUT2D eigenvalue weighted by Gasteiger charge is -2.39. The Morgan fingerprint density at radius 3 is 2.36 bits per heavy atom. The number of carbonyl (C=O) groups excluding carboxylic acids is 2. The van der Waals surface area contributed by atoms with E-state index in [1.54, 1.807) is 6.92 Å². The Bertz CT molecular complexity index is 243. The van der Waals surface area contributed by atoms with Crippen molar-refractivity contribution in [3.05, 3.63) is 0 Å². The van der Waals surface area contributed by atoms with E-state index in [1.807, 2.05) is 0 Å². The van der Waals surface area contributed by atoms with Gasteiger partial charge >= 0.3 is 0 Å². The van der Waals surface area contributed by atoms with Gasteiger partial charge in [-0.2, -0.15) is 0 Å². The molecule has 5 N–H and O–H groups in total. The average molecular weight is 199 g/mol. The van der Waals surface area contributed by atoms with Crippen LogP contribution in [0.25, 0.3) is 0 Å². The summed E-state index contributed by atoms with van der Waals surface area (Å²) in [5, 5.41) is 2.58. The van der Waals surface area contributed by atoms with Crippen LogP contribution >= 0.6 is 0 Å². The fourth-order valence-corrected chi connectivity index (χ4v) is 1.55. The third-order valence-corrected chi connectivity index (χ3v) is 2.96. The molecule has 1 rings (SSSR count). The van der Waals surface area contributed by atoms with Crippen LogP contribution in [0.1, 0.15) is 26.2 Å². The molecule has 1 unspecified atom stereocenters. The van der Waals surface area contributed by atoms with Gasteiger partial charge in [-0.25, -0.2) is 0 Å². The van der Waals surface area contributed by atoms with E-state index in [4.69, 9.17) is 11.5 Å². The van der Waals surface area contributed by atoms with Crippen molar-refractivity contribution in [2.24, 2.45) is 16.9 Å². The first-order chi connectivity index (χ1) is 6.52. The van der Waals surface area contributed by atoms with E-state index in [0.717, 1.165) is 19.3 Å². The first kappa shape index (κ1) is 11.0. The van der Waals surface area contributed by atoms with E-state index in [1.165, 1.54) is 0 Å². The van der Waals surface area contributed by atoms with Crippen LogP contribution in [-0.2, 0) is 9.59 Å². The molecule has 0 aliphatic heterocycles. The van der Waals surface area contributed by atoms with Crippen molar-refractivity contribution in [1.29, 1.82) is 0 Å². The zero-order valence-electron chi connectivity index (χ0n) is 8.38. The number of nitrogens with two attached hydrogens (primary N) is 2. The van der Waals surface area contributed by atoms with Gasteiger partial charge in [0.05, 0.1) is 5.41 Å². The highest BCUT2D eigenvalue weighted by atomic mass is 16.2. The molecule has 5 nitrogen and oxygen atoms in total. The second kappa shape index (κ2) is 3.96. The fraction of sp³-hybridized carbons (Fsp3) is 0.778. The number of primary amides is 1. The monoisotopic (exact) mass is 199 g/mol. The van der Waals surface area contributed by atoms with Crippen molar-refractivity contribution >= 4 is 11.8 Å². The highest BCUT2D eigenvalue weighted by Gasteiger charge is 2.43. The number of amides is 2. The summed E-state index contributed by atoms with van der Waals surface area (Å²) in [6.45, 7) is 1.91. The van der Waals surface area contributed by atoms with Crippen molar-refractivity contribution in [2.45, 2.75) is 32.2 Å². The molecule has 1 fully saturated rings. The highest BCUT2D eigenvalue weighted by molar-refractivity contribution is 5.89. The van der Waals surface area contributed by atoms with Gasteiger partial charge in [-0.1, -0.05) is 6.42 Å². The first-order valence-electron chi connectivity index (χ1n) is 4.82. The Labute approximate surface area is 83.2 Å². The van der Waals surface area contributed by atoms with Crippen molar-refractivity contribution in [1.82, 2.24) is 5.32 Å². The van der Waals surface area contributed by atoms with Crippen LogP contribution in [0, 0.1) is 5.41 Å². The van der Waals surface area contributed by atoms with Crippen LogP contribution in [0.2, 0.25) is 0 Å². The Morgan fingerprint density at radius 1 is 1.50 bits per heavy atom. The lowest BCUT2D eigenvalue weighted by atomic mass is 9.68. The van der Waals surface area contributed by atoms with Crippen molar-refractivity contribution in [3.63, 3.8) is 0 Å². The van der Waals surface area contributed by atoms with E-state index in [0.29, 0.717) is 6.54 Å². The Morgan fingerprint density at radius 2 is 2.07 bits per heavy atom. The molecule has 14 heavy (non-hydrogen) atoms. The molecule has 80 valence electrons. The van der Waals surface area contributed by atoms with E-state index in [-0.39, 0.29) is 5.91 Å². The Hall–Kier alpha value is -1.10. The summed E-state index contributed by atoms with van der Waals surface area (Å²) in [5.74, 6) is -0.664. The van der Waals surface area contributed by atoms with Crippen LogP contribution in [0.3, 0.4) is 0 Å². The molecule has 0 spiro atoms. The molecule has 0 saturated heterocycles. The molecule has 0 aromatic heterocycles. The molecule has 1 aliphatic rings. The zero-order chi connectivity index (χ0) is 10.8. The Kier molecular flexibility index (Phi) is 3.10. The SMILES string of the molecule is CC(NC(=O)C1(CN)CCC1)C(N)=O. The van der Waals surface area contributed by atoms with Crippen molar-refractivity contribution < 1.29 is 9.59 Å². The molecule has 0 aromatic carbocycles. The number of nitrogens with one attached hydrogen (secondary N) is 1. The maximum Gasteiger partial charge on any atom is 0.239 e. The number of hydrogen-bond donors (Lipinski definition) is 3. The smallest absolute Gasteiger partial charge is 0.239 e. The molecule has 0 bridgehead atoms. The molecule has 1 atom stereocenters. The van der Waals surface area contributed by atoms with Gasteiger partial charge < -0.3 is 16.8 Å². The van der Waals surface area contributed by atoms with Gasteiger partial charge in [-0.15, -0.1) is 0 Å². The summed E-state index contributed by atoms with van der Waals surface area (Å²) in [6.07, 6.45) is 2.64. The van der Waals surface area contributed by atoms with E-state index < -0.39 is 17.4 Å². The average Bonchev–Trinajstić information content (AvgIpc) is 2.02. The van der Waals surface area contributed by atoms with Gasteiger partial charge in [0.15, 0.2) is 0 Å². The summed E-state index contributed by atoms with van der Waals surface area (Å²) < 4.78 is 0. The lowest BCUT2D eigenvalue weighted by Crippen LogP contribution is -2.54. The minimum absolute atomic E-state index is 0.141. The van der Waals surface area contributed by atoms with Gasteiger partial charge in [0.2, 0.25) is 11.8 Å². The minimum atomic E-state index is -0.619. The maximum absolute atomic E-state index is 11.7. The van der Waals surface area contributed by atoms with Crippen LogP contribution in [-0.4, -0.2) is 24.4 Å². The number of carbonyl (C=O) groups is 2. The molecular formula is C9H17N3O2. The molecule has 0 aromatic rings. The van der Waals surface area contributed by atoms with Crippen LogP contribution in [0.5, 0.6) is 0 Å². The van der Waals surface area contributed by atoms with Crippen molar-refractivity contribution in [2.75, 3.05) is 6.54 Å². The van der Waals surface area contributed by atoms with Gasteiger partial charge in [0.25, 0.3) is 0 Å². The maximum atomic E-state index is 11.7.